The average molecular weight is 329 g/mol. The molecule has 0 unspecified atom stereocenters. The van der Waals surface area contributed by atoms with Crippen LogP contribution < -0.4 is 19.5 Å². The summed E-state index contributed by atoms with van der Waals surface area (Å²) in [5.74, 6) is 1.72. The summed E-state index contributed by atoms with van der Waals surface area (Å²) in [7, 11) is 4.75. The van der Waals surface area contributed by atoms with E-state index in [1.807, 2.05) is 44.2 Å². The molecule has 2 rings (SSSR count). The first kappa shape index (κ1) is 17.7. The molecule has 128 valence electrons. The summed E-state index contributed by atoms with van der Waals surface area (Å²) in [5.41, 5.74) is 3.41. The van der Waals surface area contributed by atoms with Gasteiger partial charge in [0.1, 0.15) is 5.75 Å². The van der Waals surface area contributed by atoms with Crippen molar-refractivity contribution in [1.82, 2.24) is 5.32 Å². The molecule has 0 aliphatic rings. The Kier molecular flexibility index (Phi) is 5.68. The van der Waals surface area contributed by atoms with Gasteiger partial charge in [-0.2, -0.15) is 0 Å². The van der Waals surface area contributed by atoms with Gasteiger partial charge in [0.25, 0.3) is 5.91 Å². The highest BCUT2D eigenvalue weighted by atomic mass is 16.5. The van der Waals surface area contributed by atoms with Gasteiger partial charge < -0.3 is 19.5 Å². The van der Waals surface area contributed by atoms with Gasteiger partial charge in [-0.15, -0.1) is 0 Å². The van der Waals surface area contributed by atoms with Crippen LogP contribution in [-0.2, 0) is 6.54 Å². The Morgan fingerprint density at radius 1 is 0.958 bits per heavy atom. The van der Waals surface area contributed by atoms with E-state index in [1.54, 1.807) is 21.3 Å². The summed E-state index contributed by atoms with van der Waals surface area (Å²) in [5, 5.41) is 2.92. The van der Waals surface area contributed by atoms with E-state index in [-0.39, 0.29) is 5.91 Å². The number of carbonyl (C=O) groups excluding carboxylic acids is 1. The maximum absolute atomic E-state index is 12.5. The molecule has 24 heavy (non-hydrogen) atoms. The van der Waals surface area contributed by atoms with Crippen LogP contribution in [0.25, 0.3) is 0 Å². The second kappa shape index (κ2) is 7.73. The zero-order valence-electron chi connectivity index (χ0n) is 14.7. The summed E-state index contributed by atoms with van der Waals surface area (Å²) in [6.07, 6.45) is 0. The number of hydrogen-bond donors (Lipinski definition) is 1. The van der Waals surface area contributed by atoms with E-state index in [0.717, 1.165) is 16.7 Å². The van der Waals surface area contributed by atoms with Crippen LogP contribution in [0, 0.1) is 13.8 Å². The van der Waals surface area contributed by atoms with Crippen LogP contribution in [0.3, 0.4) is 0 Å². The average Bonchev–Trinajstić information content (AvgIpc) is 2.58. The van der Waals surface area contributed by atoms with Crippen molar-refractivity contribution >= 4 is 5.91 Å². The van der Waals surface area contributed by atoms with Crippen LogP contribution in [0.5, 0.6) is 17.2 Å². The van der Waals surface area contributed by atoms with E-state index >= 15 is 0 Å². The molecule has 5 nitrogen and oxygen atoms in total. The number of methoxy groups -OCH3 is 3. The lowest BCUT2D eigenvalue weighted by molar-refractivity contribution is 0.0947. The number of aryl methyl sites for hydroxylation is 2. The molecule has 0 aromatic heterocycles. The van der Waals surface area contributed by atoms with Crippen molar-refractivity contribution in [3.8, 4) is 17.2 Å². The maximum Gasteiger partial charge on any atom is 0.255 e. The number of carbonyl (C=O) groups is 1. The first-order valence-electron chi connectivity index (χ1n) is 7.64. The molecule has 1 N–H and O–H groups in total. The van der Waals surface area contributed by atoms with Crippen molar-refractivity contribution in [2.45, 2.75) is 20.4 Å². The van der Waals surface area contributed by atoms with E-state index in [9.17, 15) is 4.79 Å². The molecule has 0 spiro atoms. The van der Waals surface area contributed by atoms with Gasteiger partial charge in [-0.05, 0) is 48.7 Å². The zero-order valence-corrected chi connectivity index (χ0v) is 14.7. The van der Waals surface area contributed by atoms with Gasteiger partial charge >= 0.3 is 0 Å². The Bertz CT molecular complexity index is 740. The first-order chi connectivity index (χ1) is 11.5. The van der Waals surface area contributed by atoms with Crippen LogP contribution in [-0.4, -0.2) is 27.2 Å². The van der Waals surface area contributed by atoms with E-state index in [4.69, 9.17) is 14.2 Å². The van der Waals surface area contributed by atoms with Crippen molar-refractivity contribution in [3.63, 3.8) is 0 Å². The number of benzene rings is 2. The van der Waals surface area contributed by atoms with E-state index in [1.165, 1.54) is 0 Å². The van der Waals surface area contributed by atoms with Gasteiger partial charge in [-0.1, -0.05) is 12.1 Å². The normalized spacial score (nSPS) is 10.2. The quantitative estimate of drug-likeness (QED) is 0.884. The molecule has 0 bridgehead atoms. The molecule has 1 amide bonds. The molecule has 0 heterocycles. The van der Waals surface area contributed by atoms with Gasteiger partial charge in [0.05, 0.1) is 26.9 Å². The predicted molar refractivity (Wildman–Crippen MR) is 93.2 cm³/mol. The number of hydrogen-bond acceptors (Lipinski definition) is 4. The summed E-state index contributed by atoms with van der Waals surface area (Å²) >= 11 is 0. The molecule has 0 atom stereocenters. The fourth-order valence-electron chi connectivity index (χ4n) is 2.66. The van der Waals surface area contributed by atoms with Gasteiger partial charge in [-0.25, -0.2) is 0 Å². The number of amides is 1. The monoisotopic (exact) mass is 329 g/mol. The van der Waals surface area contributed by atoms with E-state index in [0.29, 0.717) is 29.4 Å². The molecule has 0 aliphatic carbocycles. The topological polar surface area (TPSA) is 56.8 Å². The molecule has 2 aromatic rings. The van der Waals surface area contributed by atoms with Crippen molar-refractivity contribution in [3.05, 3.63) is 52.6 Å². The summed E-state index contributed by atoms with van der Waals surface area (Å²) in [6.45, 7) is 4.27. The van der Waals surface area contributed by atoms with Crippen LogP contribution in [0.1, 0.15) is 27.0 Å². The molecule has 0 fully saturated rings. The Morgan fingerprint density at radius 2 is 1.67 bits per heavy atom. The fourth-order valence-corrected chi connectivity index (χ4v) is 2.66. The largest absolute Gasteiger partial charge is 0.496 e. The third kappa shape index (κ3) is 3.79. The van der Waals surface area contributed by atoms with Gasteiger partial charge in [0.2, 0.25) is 0 Å². The lowest BCUT2D eigenvalue weighted by Gasteiger charge is -2.14. The number of rotatable bonds is 6. The fraction of sp³-hybridized carbons (Fsp3) is 0.316. The van der Waals surface area contributed by atoms with Gasteiger partial charge in [0, 0.05) is 6.54 Å². The third-order valence-electron chi connectivity index (χ3n) is 3.77. The minimum atomic E-state index is -0.173. The van der Waals surface area contributed by atoms with Crippen molar-refractivity contribution in [2.75, 3.05) is 21.3 Å². The minimum absolute atomic E-state index is 0.173. The molecule has 0 saturated carbocycles. The van der Waals surface area contributed by atoms with Crippen molar-refractivity contribution in [2.24, 2.45) is 0 Å². The molecule has 0 radical (unpaired) electrons. The summed E-state index contributed by atoms with van der Waals surface area (Å²) < 4.78 is 15.9. The predicted octanol–water partition coefficient (Wildman–Crippen LogP) is 3.26. The van der Waals surface area contributed by atoms with Gasteiger partial charge in [-0.3, -0.25) is 4.79 Å². The molecule has 0 saturated heterocycles. The summed E-state index contributed by atoms with van der Waals surface area (Å²) in [6, 6.07) is 9.37. The Labute approximate surface area is 142 Å². The van der Waals surface area contributed by atoms with Gasteiger partial charge in [0.15, 0.2) is 11.5 Å². The number of ether oxygens (including phenoxy) is 3. The molecule has 0 aliphatic heterocycles. The second-order valence-electron chi connectivity index (χ2n) is 5.53. The Morgan fingerprint density at radius 3 is 2.29 bits per heavy atom. The van der Waals surface area contributed by atoms with Crippen LogP contribution in [0.4, 0.5) is 0 Å². The maximum atomic E-state index is 12.5. The minimum Gasteiger partial charge on any atom is -0.496 e. The lowest BCUT2D eigenvalue weighted by Crippen LogP contribution is -2.23. The SMILES string of the molecule is COc1ccc(CNC(=O)c2cc(C)cc(C)c2OC)cc1OC. The van der Waals surface area contributed by atoms with E-state index < -0.39 is 0 Å². The highest BCUT2D eigenvalue weighted by molar-refractivity contribution is 5.97. The second-order valence-corrected chi connectivity index (χ2v) is 5.53. The zero-order chi connectivity index (χ0) is 17.7. The third-order valence-corrected chi connectivity index (χ3v) is 3.77. The standard InChI is InChI=1S/C19H23NO4/c1-12-8-13(2)18(24-5)15(9-12)19(21)20-11-14-6-7-16(22-3)17(10-14)23-4/h6-10H,11H2,1-5H3,(H,20,21). The van der Waals surface area contributed by atoms with Crippen molar-refractivity contribution < 1.29 is 19.0 Å². The summed E-state index contributed by atoms with van der Waals surface area (Å²) in [4.78, 5) is 12.5. The Hall–Kier alpha value is -2.69. The molecular weight excluding hydrogens is 306 g/mol. The van der Waals surface area contributed by atoms with E-state index in [2.05, 4.69) is 5.32 Å². The van der Waals surface area contributed by atoms with Crippen LogP contribution >= 0.6 is 0 Å². The highest BCUT2D eigenvalue weighted by Crippen LogP contribution is 2.28. The lowest BCUT2D eigenvalue weighted by atomic mass is 10.0. The van der Waals surface area contributed by atoms with Crippen molar-refractivity contribution in [1.29, 1.82) is 0 Å². The Balaban J connectivity index is 2.17. The molecular formula is C19H23NO4. The molecule has 5 heteroatoms. The molecule has 2 aromatic carbocycles. The highest BCUT2D eigenvalue weighted by Gasteiger charge is 2.15. The number of nitrogens with one attached hydrogen (secondary N) is 1. The van der Waals surface area contributed by atoms with Crippen LogP contribution in [0.2, 0.25) is 0 Å². The smallest absolute Gasteiger partial charge is 0.255 e. The van der Waals surface area contributed by atoms with Crippen LogP contribution in [0.15, 0.2) is 30.3 Å². The first-order valence-corrected chi connectivity index (χ1v) is 7.64.